The quantitative estimate of drug-likeness (QED) is 0.445. The molecule has 1 aliphatic rings. The number of amides is 3. The van der Waals surface area contributed by atoms with E-state index in [2.05, 4.69) is 50.8 Å². The van der Waals surface area contributed by atoms with Crippen molar-refractivity contribution >= 4 is 44.7 Å². The zero-order valence-corrected chi connectivity index (χ0v) is 17.1. The van der Waals surface area contributed by atoms with E-state index >= 15 is 0 Å². The summed E-state index contributed by atoms with van der Waals surface area (Å²) in [6, 6.07) is 17.3. The predicted molar refractivity (Wildman–Crippen MR) is 114 cm³/mol. The number of urea groups is 1. The van der Waals surface area contributed by atoms with Gasteiger partial charge in [-0.2, -0.15) is 0 Å². The third-order valence-electron chi connectivity index (χ3n) is 4.48. The van der Waals surface area contributed by atoms with E-state index in [0.29, 0.717) is 28.1 Å². The van der Waals surface area contributed by atoms with Crippen molar-refractivity contribution in [3.63, 3.8) is 0 Å². The number of halogens is 1. The van der Waals surface area contributed by atoms with Gasteiger partial charge >= 0.3 is 6.03 Å². The van der Waals surface area contributed by atoms with Crippen molar-refractivity contribution in [2.45, 2.75) is 6.61 Å². The van der Waals surface area contributed by atoms with Crippen molar-refractivity contribution < 1.29 is 19.1 Å². The van der Waals surface area contributed by atoms with E-state index in [9.17, 15) is 9.59 Å². The highest BCUT2D eigenvalue weighted by Crippen LogP contribution is 2.38. The summed E-state index contributed by atoms with van der Waals surface area (Å²) in [5.74, 6) is 0.598. The van der Waals surface area contributed by atoms with Crippen LogP contribution < -0.4 is 20.1 Å². The minimum absolute atomic E-state index is 0.175. The molecule has 6 nitrogen and oxygen atoms in total. The molecule has 3 amide bonds. The molecule has 0 bridgehead atoms. The topological polar surface area (TPSA) is 76.7 Å². The molecule has 4 rings (SSSR count). The minimum atomic E-state index is -0.539. The van der Waals surface area contributed by atoms with Gasteiger partial charge in [0.2, 0.25) is 0 Å². The number of imide groups is 1. The van der Waals surface area contributed by atoms with Gasteiger partial charge in [-0.25, -0.2) is 4.79 Å². The molecule has 0 unspecified atom stereocenters. The number of carbonyl (C=O) groups is 2. The predicted octanol–water partition coefficient (Wildman–Crippen LogP) is 4.37. The van der Waals surface area contributed by atoms with Crippen LogP contribution in [0.5, 0.6) is 11.5 Å². The highest BCUT2D eigenvalue weighted by Gasteiger charge is 2.23. The van der Waals surface area contributed by atoms with Crippen LogP contribution in [0.4, 0.5) is 4.79 Å². The van der Waals surface area contributed by atoms with Gasteiger partial charge in [0.15, 0.2) is 11.5 Å². The van der Waals surface area contributed by atoms with Gasteiger partial charge in [-0.3, -0.25) is 10.1 Å². The largest absolute Gasteiger partial charge is 0.493 e. The molecule has 0 aromatic heterocycles. The highest BCUT2D eigenvalue weighted by molar-refractivity contribution is 9.10. The van der Waals surface area contributed by atoms with E-state index in [-0.39, 0.29) is 5.70 Å². The molecular formula is C22H17BrN2O4. The van der Waals surface area contributed by atoms with Gasteiger partial charge in [-0.05, 0) is 62.1 Å². The average molecular weight is 453 g/mol. The standard InChI is InChI=1S/C22H17BrN2O4/c1-28-19-11-14(10-18-21(26)25-22(27)24-18)9-17(23)20(19)29-12-13-6-7-15-4-2-3-5-16(15)8-13/h2-11H,12H2,1H3,(H2,24,25,26,27)/b18-10-. The Morgan fingerprint density at radius 2 is 1.79 bits per heavy atom. The van der Waals surface area contributed by atoms with E-state index in [1.54, 1.807) is 25.3 Å². The second kappa shape index (κ2) is 7.97. The molecule has 3 aromatic carbocycles. The summed E-state index contributed by atoms with van der Waals surface area (Å²) in [5.41, 5.74) is 1.89. The molecule has 1 fully saturated rings. The fourth-order valence-electron chi connectivity index (χ4n) is 3.10. The monoisotopic (exact) mass is 452 g/mol. The number of nitrogens with one attached hydrogen (secondary N) is 2. The van der Waals surface area contributed by atoms with Crippen molar-refractivity contribution in [1.29, 1.82) is 0 Å². The Balaban J connectivity index is 1.57. The van der Waals surface area contributed by atoms with Crippen molar-refractivity contribution in [2.75, 3.05) is 7.11 Å². The molecule has 0 atom stereocenters. The fraction of sp³-hybridized carbons (Fsp3) is 0.0909. The Morgan fingerprint density at radius 3 is 2.52 bits per heavy atom. The maximum Gasteiger partial charge on any atom is 0.326 e. The molecule has 2 N–H and O–H groups in total. The third-order valence-corrected chi connectivity index (χ3v) is 5.07. The summed E-state index contributed by atoms with van der Waals surface area (Å²) >= 11 is 3.51. The normalized spacial score (nSPS) is 14.8. The van der Waals surface area contributed by atoms with Gasteiger partial charge in [0.1, 0.15) is 12.3 Å². The molecule has 1 aliphatic heterocycles. The molecule has 1 saturated heterocycles. The molecule has 7 heteroatoms. The first-order valence-corrected chi connectivity index (χ1v) is 9.65. The summed E-state index contributed by atoms with van der Waals surface area (Å²) in [6.45, 7) is 0.374. The van der Waals surface area contributed by atoms with E-state index in [1.165, 1.54) is 5.39 Å². The second-order valence-corrected chi connectivity index (χ2v) is 7.32. The lowest BCUT2D eigenvalue weighted by atomic mass is 10.1. The maximum atomic E-state index is 11.7. The van der Waals surface area contributed by atoms with Crippen molar-refractivity contribution in [3.8, 4) is 11.5 Å². The zero-order valence-electron chi connectivity index (χ0n) is 15.5. The molecule has 0 spiro atoms. The van der Waals surface area contributed by atoms with Crippen LogP contribution in [-0.2, 0) is 11.4 Å². The summed E-state index contributed by atoms with van der Waals surface area (Å²) < 4.78 is 12.2. The van der Waals surface area contributed by atoms with Gasteiger partial charge in [-0.1, -0.05) is 36.4 Å². The van der Waals surface area contributed by atoms with E-state index in [4.69, 9.17) is 9.47 Å². The molecule has 29 heavy (non-hydrogen) atoms. The number of methoxy groups -OCH3 is 1. The van der Waals surface area contributed by atoms with Gasteiger partial charge in [0, 0.05) is 0 Å². The number of benzene rings is 3. The Kier molecular flexibility index (Phi) is 5.22. The van der Waals surface area contributed by atoms with E-state index < -0.39 is 11.9 Å². The van der Waals surface area contributed by atoms with Crippen LogP contribution in [0.1, 0.15) is 11.1 Å². The van der Waals surface area contributed by atoms with E-state index in [0.717, 1.165) is 10.9 Å². The van der Waals surface area contributed by atoms with Crippen molar-refractivity contribution in [3.05, 3.63) is 75.9 Å². The van der Waals surface area contributed by atoms with Crippen LogP contribution in [0, 0.1) is 0 Å². The first-order valence-electron chi connectivity index (χ1n) is 8.85. The van der Waals surface area contributed by atoms with Crippen LogP contribution in [0.3, 0.4) is 0 Å². The van der Waals surface area contributed by atoms with Crippen LogP contribution >= 0.6 is 15.9 Å². The Hall–Kier alpha value is -3.32. The SMILES string of the molecule is COc1cc(/C=C2\NC(=O)NC2=O)cc(Br)c1OCc1ccc2ccccc2c1. The molecule has 0 radical (unpaired) electrons. The van der Waals surface area contributed by atoms with Gasteiger partial charge in [0.05, 0.1) is 11.6 Å². The molecule has 146 valence electrons. The molecule has 1 heterocycles. The van der Waals surface area contributed by atoms with Gasteiger partial charge < -0.3 is 14.8 Å². The molecule has 3 aromatic rings. The summed E-state index contributed by atoms with van der Waals surface area (Å²) in [4.78, 5) is 23.0. The number of ether oxygens (including phenoxy) is 2. The Bertz CT molecular complexity index is 1160. The zero-order chi connectivity index (χ0) is 20.4. The van der Waals surface area contributed by atoms with Crippen LogP contribution in [0.15, 0.2) is 64.8 Å². The average Bonchev–Trinajstić information content (AvgIpc) is 3.03. The first-order chi connectivity index (χ1) is 14.0. The minimum Gasteiger partial charge on any atom is -0.493 e. The van der Waals surface area contributed by atoms with Gasteiger partial charge in [-0.15, -0.1) is 0 Å². The van der Waals surface area contributed by atoms with Crippen LogP contribution in [0.2, 0.25) is 0 Å². The molecular weight excluding hydrogens is 436 g/mol. The summed E-state index contributed by atoms with van der Waals surface area (Å²) in [6.07, 6.45) is 1.57. The lowest BCUT2D eigenvalue weighted by Crippen LogP contribution is -2.22. The van der Waals surface area contributed by atoms with Gasteiger partial charge in [0.25, 0.3) is 5.91 Å². The Morgan fingerprint density at radius 1 is 1.00 bits per heavy atom. The number of fused-ring (bicyclic) bond motifs is 1. The highest BCUT2D eigenvalue weighted by atomic mass is 79.9. The number of rotatable bonds is 5. The maximum absolute atomic E-state index is 11.7. The molecule has 0 aliphatic carbocycles. The summed E-state index contributed by atoms with van der Waals surface area (Å²) in [7, 11) is 1.55. The Labute approximate surface area is 175 Å². The number of carbonyl (C=O) groups excluding carboxylic acids is 2. The first kappa shape index (κ1) is 19.0. The number of hydrogen-bond donors (Lipinski definition) is 2. The lowest BCUT2D eigenvalue weighted by Gasteiger charge is -2.14. The fourth-order valence-corrected chi connectivity index (χ4v) is 3.67. The lowest BCUT2D eigenvalue weighted by molar-refractivity contribution is -0.115. The van der Waals surface area contributed by atoms with Crippen LogP contribution in [0.25, 0.3) is 16.8 Å². The number of hydrogen-bond acceptors (Lipinski definition) is 4. The third kappa shape index (κ3) is 4.09. The van der Waals surface area contributed by atoms with Crippen molar-refractivity contribution in [1.82, 2.24) is 10.6 Å². The van der Waals surface area contributed by atoms with E-state index in [1.807, 2.05) is 18.2 Å². The van der Waals surface area contributed by atoms with Crippen LogP contribution in [-0.4, -0.2) is 19.0 Å². The van der Waals surface area contributed by atoms with Crippen molar-refractivity contribution in [2.24, 2.45) is 0 Å². The smallest absolute Gasteiger partial charge is 0.326 e. The summed E-state index contributed by atoms with van der Waals surface area (Å²) in [5, 5.41) is 6.95. The second-order valence-electron chi connectivity index (χ2n) is 6.47. The molecule has 0 saturated carbocycles.